The Bertz CT molecular complexity index is 1260. The summed E-state index contributed by atoms with van der Waals surface area (Å²) in [7, 11) is 1.45. The number of carboxylic acids is 1. The number of hydrogen-bond donors (Lipinski definition) is 1. The van der Waals surface area contributed by atoms with Crippen molar-refractivity contribution >= 4 is 52.9 Å². The highest BCUT2D eigenvalue weighted by Crippen LogP contribution is 2.46. The number of halogens is 2. The Hall–Kier alpha value is -3.81. The number of carbonyl (C=O) groups is 4. The van der Waals surface area contributed by atoms with Gasteiger partial charge in [-0.2, -0.15) is 5.26 Å². The molecule has 2 aromatic rings. The predicted octanol–water partition coefficient (Wildman–Crippen LogP) is 3.32. The van der Waals surface area contributed by atoms with Crippen LogP contribution in [0.3, 0.4) is 0 Å². The van der Waals surface area contributed by atoms with Crippen molar-refractivity contribution in [3.8, 4) is 6.07 Å². The van der Waals surface area contributed by atoms with Crippen LogP contribution in [-0.2, 0) is 14.3 Å². The van der Waals surface area contributed by atoms with Gasteiger partial charge in [-0.1, -0.05) is 35.3 Å². The van der Waals surface area contributed by atoms with Crippen molar-refractivity contribution in [3.63, 3.8) is 0 Å². The fourth-order valence-electron chi connectivity index (χ4n) is 4.56. The topological polar surface area (TPSA) is 131 Å². The van der Waals surface area contributed by atoms with Crippen LogP contribution in [0.5, 0.6) is 0 Å². The summed E-state index contributed by atoms with van der Waals surface area (Å²) in [5, 5.41) is 18.5. The molecule has 0 saturated carbocycles. The van der Waals surface area contributed by atoms with Crippen molar-refractivity contribution < 1.29 is 29.0 Å². The summed E-state index contributed by atoms with van der Waals surface area (Å²) in [6.07, 6.45) is -0.930. The SMILES string of the molecule is CN1C(=O)N(c2cc(Cl)cc(Cl)c2)C(=O)[C@]12CN(C(=O)OCC(=O)O)C[C@H]2c1ccc(C#N)cc1. The second kappa shape index (κ2) is 9.09. The molecular weight excluding hydrogens is 499 g/mol. The number of hydrogen-bond acceptors (Lipinski definition) is 6. The second-order valence-corrected chi connectivity index (χ2v) is 9.02. The maximum Gasteiger partial charge on any atom is 0.410 e. The minimum atomic E-state index is -1.53. The van der Waals surface area contributed by atoms with Crippen molar-refractivity contribution in [3.05, 3.63) is 63.6 Å². The number of amides is 4. The molecule has 2 fully saturated rings. The average molecular weight is 517 g/mol. The fraction of sp³-hybridized carbons (Fsp3) is 0.261. The van der Waals surface area contributed by atoms with Gasteiger partial charge in [0.25, 0.3) is 5.91 Å². The third-order valence-electron chi connectivity index (χ3n) is 6.19. The molecule has 0 bridgehead atoms. The van der Waals surface area contributed by atoms with Gasteiger partial charge in [0, 0.05) is 29.6 Å². The molecule has 0 aliphatic carbocycles. The van der Waals surface area contributed by atoms with Gasteiger partial charge in [-0.05, 0) is 35.9 Å². The first-order valence-corrected chi connectivity index (χ1v) is 11.1. The normalized spacial score (nSPS) is 21.5. The first kappa shape index (κ1) is 24.3. The number of benzene rings is 2. The molecule has 4 amide bonds. The number of ether oxygens (including phenoxy) is 1. The first-order valence-electron chi connectivity index (χ1n) is 10.3. The summed E-state index contributed by atoms with van der Waals surface area (Å²) < 4.78 is 4.83. The van der Waals surface area contributed by atoms with Gasteiger partial charge < -0.3 is 19.6 Å². The van der Waals surface area contributed by atoms with Gasteiger partial charge in [-0.15, -0.1) is 0 Å². The second-order valence-electron chi connectivity index (χ2n) is 8.15. The van der Waals surface area contributed by atoms with Crippen LogP contribution in [0.25, 0.3) is 0 Å². The van der Waals surface area contributed by atoms with E-state index in [0.29, 0.717) is 11.1 Å². The minimum absolute atomic E-state index is 0.0299. The highest BCUT2D eigenvalue weighted by atomic mass is 35.5. The lowest BCUT2D eigenvalue weighted by atomic mass is 9.80. The third-order valence-corrected chi connectivity index (χ3v) is 6.62. The van der Waals surface area contributed by atoms with Crippen LogP contribution < -0.4 is 4.90 Å². The molecule has 0 aromatic heterocycles. The smallest absolute Gasteiger partial charge is 0.410 e. The molecule has 180 valence electrons. The fourth-order valence-corrected chi connectivity index (χ4v) is 5.07. The lowest BCUT2D eigenvalue weighted by molar-refractivity contribution is -0.140. The molecule has 2 aliphatic heterocycles. The van der Waals surface area contributed by atoms with E-state index in [9.17, 15) is 19.2 Å². The van der Waals surface area contributed by atoms with E-state index >= 15 is 0 Å². The molecule has 0 radical (unpaired) electrons. The first-order chi connectivity index (χ1) is 16.6. The number of likely N-dealkylation sites (tertiary alicyclic amines) is 1. The highest BCUT2D eigenvalue weighted by Gasteiger charge is 2.65. The van der Waals surface area contributed by atoms with E-state index in [-0.39, 0.29) is 28.8 Å². The molecule has 10 nitrogen and oxygen atoms in total. The Morgan fingerprint density at radius 3 is 2.37 bits per heavy atom. The number of anilines is 1. The maximum atomic E-state index is 14.0. The Balaban J connectivity index is 1.79. The van der Waals surface area contributed by atoms with Gasteiger partial charge in [0.15, 0.2) is 6.61 Å². The molecule has 12 heteroatoms. The third kappa shape index (κ3) is 4.13. The molecule has 2 aromatic carbocycles. The van der Waals surface area contributed by atoms with Gasteiger partial charge in [-0.25, -0.2) is 19.3 Å². The van der Waals surface area contributed by atoms with Crippen molar-refractivity contribution in [1.82, 2.24) is 9.80 Å². The number of nitrogens with zero attached hydrogens (tertiary/aromatic N) is 4. The van der Waals surface area contributed by atoms with Crippen LogP contribution in [0.1, 0.15) is 17.0 Å². The van der Waals surface area contributed by atoms with E-state index in [1.54, 1.807) is 24.3 Å². The van der Waals surface area contributed by atoms with Crippen molar-refractivity contribution in [2.45, 2.75) is 11.5 Å². The zero-order valence-electron chi connectivity index (χ0n) is 18.3. The number of nitriles is 1. The van der Waals surface area contributed by atoms with E-state index in [1.807, 2.05) is 6.07 Å². The Morgan fingerprint density at radius 2 is 1.80 bits per heavy atom. The molecule has 35 heavy (non-hydrogen) atoms. The van der Waals surface area contributed by atoms with Gasteiger partial charge in [0.05, 0.1) is 23.9 Å². The number of imide groups is 1. The van der Waals surface area contributed by atoms with Crippen LogP contribution in [0.4, 0.5) is 15.3 Å². The lowest BCUT2D eigenvalue weighted by Gasteiger charge is -2.33. The summed E-state index contributed by atoms with van der Waals surface area (Å²) in [4.78, 5) is 54.2. The summed E-state index contributed by atoms with van der Waals surface area (Å²) in [6.45, 7) is -1.11. The highest BCUT2D eigenvalue weighted by molar-refractivity contribution is 6.35. The van der Waals surface area contributed by atoms with Crippen LogP contribution >= 0.6 is 23.2 Å². The van der Waals surface area contributed by atoms with E-state index in [1.165, 1.54) is 35.0 Å². The predicted molar refractivity (Wildman–Crippen MR) is 124 cm³/mol. The van der Waals surface area contributed by atoms with Gasteiger partial charge >= 0.3 is 18.1 Å². The van der Waals surface area contributed by atoms with Crippen LogP contribution in [0.2, 0.25) is 10.0 Å². The maximum absolute atomic E-state index is 14.0. The minimum Gasteiger partial charge on any atom is -0.479 e. The van der Waals surface area contributed by atoms with E-state index in [2.05, 4.69) is 0 Å². The zero-order chi connectivity index (χ0) is 25.5. The van der Waals surface area contributed by atoms with Crippen LogP contribution in [0, 0.1) is 11.3 Å². The van der Waals surface area contributed by atoms with Crippen molar-refractivity contribution in [2.75, 3.05) is 31.6 Å². The number of likely N-dealkylation sites (N-methyl/N-ethyl adjacent to an activating group) is 1. The molecule has 4 rings (SSSR count). The largest absolute Gasteiger partial charge is 0.479 e. The molecule has 2 saturated heterocycles. The number of carbonyl (C=O) groups excluding carboxylic acids is 3. The molecule has 0 unspecified atom stereocenters. The molecule has 2 aliphatic rings. The molecule has 1 spiro atoms. The van der Waals surface area contributed by atoms with E-state index in [4.69, 9.17) is 38.3 Å². The number of carboxylic acid groups (broad SMARTS) is 1. The Kier molecular flexibility index (Phi) is 6.32. The van der Waals surface area contributed by atoms with Crippen LogP contribution in [-0.4, -0.2) is 71.2 Å². The molecule has 1 N–H and O–H groups in total. The van der Waals surface area contributed by atoms with Gasteiger partial charge in [-0.3, -0.25) is 4.79 Å². The summed E-state index contributed by atoms with van der Waals surface area (Å²) in [5.74, 6) is -2.64. The van der Waals surface area contributed by atoms with Gasteiger partial charge in [0.1, 0.15) is 5.54 Å². The van der Waals surface area contributed by atoms with Crippen LogP contribution in [0.15, 0.2) is 42.5 Å². The van der Waals surface area contributed by atoms with Gasteiger partial charge in [0.2, 0.25) is 0 Å². The Labute approximate surface area is 209 Å². The summed E-state index contributed by atoms with van der Waals surface area (Å²) in [5.41, 5.74) is -0.346. The molecular formula is C23H18Cl2N4O6. The standard InChI is InChI=1S/C23H18Cl2N4O6/c1-27-21(33)29(17-7-15(24)6-16(25)8-17)20(32)23(27)12-28(22(34)35-11-19(30)31)10-18(23)14-4-2-13(9-26)3-5-14/h2-8,18H,10-12H2,1H3,(H,30,31)/t18-,23+/m0/s1. The Morgan fingerprint density at radius 1 is 1.17 bits per heavy atom. The quantitative estimate of drug-likeness (QED) is 0.616. The van der Waals surface area contributed by atoms with Crippen molar-refractivity contribution in [1.29, 1.82) is 5.26 Å². The average Bonchev–Trinajstić information content (AvgIpc) is 3.30. The monoisotopic (exact) mass is 516 g/mol. The molecule has 2 atom stereocenters. The lowest BCUT2D eigenvalue weighted by Crippen LogP contribution is -2.54. The number of urea groups is 1. The van der Waals surface area contributed by atoms with E-state index < -0.39 is 42.1 Å². The molecule has 2 heterocycles. The number of aliphatic carboxylic acids is 1. The van der Waals surface area contributed by atoms with E-state index in [0.717, 1.165) is 4.90 Å². The number of rotatable bonds is 4. The summed E-state index contributed by atoms with van der Waals surface area (Å²) >= 11 is 12.2. The van der Waals surface area contributed by atoms with Crippen molar-refractivity contribution in [2.24, 2.45) is 0 Å². The zero-order valence-corrected chi connectivity index (χ0v) is 19.8. The summed E-state index contributed by atoms with van der Waals surface area (Å²) in [6, 6.07) is 12.2.